The minimum Gasteiger partial charge on any atom is -0.553 e. The highest BCUT2D eigenvalue weighted by Crippen LogP contribution is 2.13. The maximum absolute atomic E-state index is 10.3. The first-order chi connectivity index (χ1) is 4.88. The van der Waals surface area contributed by atoms with Crippen LogP contribution in [-0.4, -0.2) is 16.8 Å². The predicted octanol–water partition coefficient (Wildman–Crippen LogP) is 0.158. The van der Waals surface area contributed by atoms with Gasteiger partial charge in [-0.2, -0.15) is 0 Å². The molecular formula is C7H8O2Si. The Morgan fingerprint density at radius 1 is 1.40 bits per heavy atom. The van der Waals surface area contributed by atoms with Crippen molar-refractivity contribution in [3.05, 3.63) is 29.8 Å². The molecule has 0 fully saturated rings. The SMILES string of the molecule is O=Cc1ccccc1O[SiH3]. The zero-order valence-electron chi connectivity index (χ0n) is 5.70. The van der Waals surface area contributed by atoms with Gasteiger partial charge in [-0.25, -0.2) is 0 Å². The molecule has 0 aliphatic carbocycles. The molecule has 3 heteroatoms. The van der Waals surface area contributed by atoms with Crippen molar-refractivity contribution >= 4 is 16.8 Å². The summed E-state index contributed by atoms with van der Waals surface area (Å²) in [6, 6.07) is 7.19. The Balaban J connectivity index is 3.08. The van der Waals surface area contributed by atoms with Crippen molar-refractivity contribution in [3.63, 3.8) is 0 Å². The Morgan fingerprint density at radius 3 is 2.60 bits per heavy atom. The highest BCUT2D eigenvalue weighted by Gasteiger charge is 1.95. The third-order valence-electron chi connectivity index (χ3n) is 1.27. The number of aldehydes is 1. The number of benzene rings is 1. The van der Waals surface area contributed by atoms with Gasteiger partial charge in [-0.15, -0.1) is 0 Å². The summed E-state index contributed by atoms with van der Waals surface area (Å²) in [6.45, 7) is 0. The molecule has 52 valence electrons. The number of hydrogen-bond acceptors (Lipinski definition) is 2. The van der Waals surface area contributed by atoms with Crippen LogP contribution in [0.2, 0.25) is 0 Å². The van der Waals surface area contributed by atoms with Crippen LogP contribution in [0.25, 0.3) is 0 Å². The number of carbonyl (C=O) groups is 1. The average Bonchev–Trinajstić information content (AvgIpc) is 2.04. The molecule has 1 rings (SSSR count). The smallest absolute Gasteiger partial charge is 0.204 e. The molecule has 0 radical (unpaired) electrons. The first-order valence-corrected chi connectivity index (χ1v) is 3.78. The second kappa shape index (κ2) is 3.17. The van der Waals surface area contributed by atoms with E-state index in [9.17, 15) is 4.79 Å². The van der Waals surface area contributed by atoms with Crippen LogP contribution < -0.4 is 4.43 Å². The molecule has 2 nitrogen and oxygen atoms in total. The van der Waals surface area contributed by atoms with Crippen LogP contribution in [0.1, 0.15) is 10.4 Å². The molecule has 10 heavy (non-hydrogen) atoms. The van der Waals surface area contributed by atoms with Gasteiger partial charge in [-0.05, 0) is 12.1 Å². The van der Waals surface area contributed by atoms with Crippen molar-refractivity contribution < 1.29 is 9.22 Å². The fourth-order valence-electron chi connectivity index (χ4n) is 0.764. The Bertz CT molecular complexity index is 235. The van der Waals surface area contributed by atoms with E-state index >= 15 is 0 Å². The second-order valence-electron chi connectivity index (χ2n) is 1.86. The van der Waals surface area contributed by atoms with Gasteiger partial charge in [0, 0.05) is 0 Å². The summed E-state index contributed by atoms with van der Waals surface area (Å²) in [5.74, 6) is 0.684. The lowest BCUT2D eigenvalue weighted by Crippen LogP contribution is -1.89. The molecule has 0 amide bonds. The summed E-state index contributed by atoms with van der Waals surface area (Å²) in [5.41, 5.74) is 0.623. The largest absolute Gasteiger partial charge is 0.553 e. The van der Waals surface area contributed by atoms with Crippen molar-refractivity contribution in [3.8, 4) is 5.75 Å². The van der Waals surface area contributed by atoms with Crippen molar-refractivity contribution in [2.24, 2.45) is 0 Å². The monoisotopic (exact) mass is 152 g/mol. The third kappa shape index (κ3) is 1.25. The van der Waals surface area contributed by atoms with E-state index in [0.717, 1.165) is 6.29 Å². The molecule has 1 aromatic rings. The van der Waals surface area contributed by atoms with E-state index in [2.05, 4.69) is 0 Å². The van der Waals surface area contributed by atoms with E-state index in [-0.39, 0.29) is 0 Å². The summed E-state index contributed by atoms with van der Waals surface area (Å²) >= 11 is 0. The second-order valence-corrected chi connectivity index (χ2v) is 2.27. The van der Waals surface area contributed by atoms with Crippen molar-refractivity contribution in [1.82, 2.24) is 0 Å². The van der Waals surface area contributed by atoms with Gasteiger partial charge in [-0.1, -0.05) is 12.1 Å². The summed E-state index contributed by atoms with van der Waals surface area (Å²) in [7, 11) is 0.621. The molecule has 0 saturated heterocycles. The van der Waals surface area contributed by atoms with E-state index < -0.39 is 0 Å². The van der Waals surface area contributed by atoms with E-state index in [4.69, 9.17) is 4.43 Å². The van der Waals surface area contributed by atoms with Crippen LogP contribution in [0, 0.1) is 0 Å². The lowest BCUT2D eigenvalue weighted by atomic mass is 10.2. The van der Waals surface area contributed by atoms with Gasteiger partial charge in [0.1, 0.15) is 5.75 Å². The van der Waals surface area contributed by atoms with Crippen LogP contribution in [0.3, 0.4) is 0 Å². The van der Waals surface area contributed by atoms with E-state index in [1.165, 1.54) is 0 Å². The van der Waals surface area contributed by atoms with Crippen LogP contribution in [0.15, 0.2) is 24.3 Å². The summed E-state index contributed by atoms with van der Waals surface area (Å²) in [5, 5.41) is 0. The zero-order valence-corrected chi connectivity index (χ0v) is 7.70. The average molecular weight is 152 g/mol. The molecule has 0 heterocycles. The number of rotatable bonds is 2. The minimum absolute atomic E-state index is 0.621. The van der Waals surface area contributed by atoms with E-state index in [0.29, 0.717) is 21.8 Å². The van der Waals surface area contributed by atoms with Crippen molar-refractivity contribution in [2.75, 3.05) is 0 Å². The maximum Gasteiger partial charge on any atom is 0.204 e. The van der Waals surface area contributed by atoms with Crippen molar-refractivity contribution in [1.29, 1.82) is 0 Å². The molecule has 0 bridgehead atoms. The van der Waals surface area contributed by atoms with E-state index in [1.807, 2.05) is 12.1 Å². The Kier molecular flexibility index (Phi) is 2.23. The molecule has 0 aliphatic heterocycles. The standard InChI is InChI=1S/C7H8O2Si/c8-5-6-3-1-2-4-7(6)9-10/h1-5H,10H3. The molecular weight excluding hydrogens is 144 g/mol. The Labute approximate surface area is 62.4 Å². The number of hydrogen-bond donors (Lipinski definition) is 0. The van der Waals surface area contributed by atoms with Gasteiger partial charge < -0.3 is 4.43 Å². The highest BCUT2D eigenvalue weighted by atomic mass is 28.2. The summed E-state index contributed by atoms with van der Waals surface area (Å²) < 4.78 is 5.04. The quantitative estimate of drug-likeness (QED) is 0.445. The van der Waals surface area contributed by atoms with Gasteiger partial charge in [0.05, 0.1) is 5.56 Å². The molecule has 0 unspecified atom stereocenters. The third-order valence-corrected chi connectivity index (χ3v) is 1.71. The number of para-hydroxylation sites is 1. The lowest BCUT2D eigenvalue weighted by molar-refractivity contribution is 0.112. The predicted molar refractivity (Wildman–Crippen MR) is 42.4 cm³/mol. The van der Waals surface area contributed by atoms with Gasteiger partial charge in [0.25, 0.3) is 0 Å². The van der Waals surface area contributed by atoms with Crippen LogP contribution in [-0.2, 0) is 0 Å². The normalized spacial score (nSPS) is 9.20. The van der Waals surface area contributed by atoms with Gasteiger partial charge >= 0.3 is 0 Å². The summed E-state index contributed by atoms with van der Waals surface area (Å²) in [4.78, 5) is 10.3. The molecule has 0 aromatic heterocycles. The Hall–Kier alpha value is -1.09. The molecule has 0 atom stereocenters. The zero-order chi connectivity index (χ0) is 7.40. The fraction of sp³-hybridized carbons (Fsp3) is 0. The summed E-state index contributed by atoms with van der Waals surface area (Å²) in [6.07, 6.45) is 0.799. The fourth-order valence-corrected chi connectivity index (χ4v) is 1.14. The van der Waals surface area contributed by atoms with Crippen molar-refractivity contribution in [2.45, 2.75) is 0 Å². The first-order valence-electron chi connectivity index (χ1n) is 2.96. The molecule has 0 spiro atoms. The Morgan fingerprint density at radius 2 is 2.10 bits per heavy atom. The minimum atomic E-state index is 0.621. The van der Waals surface area contributed by atoms with E-state index in [1.54, 1.807) is 12.1 Å². The maximum atomic E-state index is 10.3. The highest BCUT2D eigenvalue weighted by molar-refractivity contribution is 6.00. The van der Waals surface area contributed by atoms with Crippen LogP contribution in [0.5, 0.6) is 5.75 Å². The van der Waals surface area contributed by atoms with Crippen LogP contribution in [0.4, 0.5) is 0 Å². The van der Waals surface area contributed by atoms with Gasteiger partial charge in [0.2, 0.25) is 10.5 Å². The number of carbonyl (C=O) groups excluding carboxylic acids is 1. The molecule has 0 N–H and O–H groups in total. The molecule has 0 aliphatic rings. The molecule has 0 saturated carbocycles. The lowest BCUT2D eigenvalue weighted by Gasteiger charge is -2.00. The topological polar surface area (TPSA) is 26.3 Å². The van der Waals surface area contributed by atoms with Gasteiger partial charge in [-0.3, -0.25) is 4.79 Å². The van der Waals surface area contributed by atoms with Crippen LogP contribution >= 0.6 is 0 Å². The molecule has 1 aromatic carbocycles. The van der Waals surface area contributed by atoms with Gasteiger partial charge in [0.15, 0.2) is 6.29 Å². The first kappa shape index (κ1) is 7.02.